The average Bonchev–Trinajstić information content (AvgIpc) is 2.16. The second-order valence-electron chi connectivity index (χ2n) is 3.07. The number of rotatable bonds is 1. The molecule has 0 heterocycles. The maximum Gasteiger partial charge on any atom is 0.248 e. The van der Waals surface area contributed by atoms with E-state index < -0.39 is 5.91 Å². The summed E-state index contributed by atoms with van der Waals surface area (Å²) in [6, 6.07) is 9.31. The van der Waals surface area contributed by atoms with Crippen LogP contribution in [0.15, 0.2) is 36.4 Å². The van der Waals surface area contributed by atoms with Crippen molar-refractivity contribution in [3.8, 4) is 0 Å². The zero-order valence-corrected chi connectivity index (χ0v) is 7.33. The Morgan fingerprint density at radius 1 is 1.07 bits per heavy atom. The topological polar surface area (TPSA) is 43.1 Å². The van der Waals surface area contributed by atoms with Crippen molar-refractivity contribution < 1.29 is 9.18 Å². The lowest BCUT2D eigenvalue weighted by molar-refractivity contribution is 0.100. The van der Waals surface area contributed by atoms with Gasteiger partial charge in [0.25, 0.3) is 0 Å². The molecule has 70 valence electrons. The molecule has 0 aromatic heterocycles. The number of primary amides is 1. The molecule has 3 heteroatoms. The Bertz CT molecular complexity index is 508. The van der Waals surface area contributed by atoms with E-state index >= 15 is 0 Å². The van der Waals surface area contributed by atoms with Crippen LogP contribution in [0, 0.1) is 5.82 Å². The number of hydrogen-bond acceptors (Lipinski definition) is 1. The van der Waals surface area contributed by atoms with Crippen LogP contribution in [0.2, 0.25) is 0 Å². The zero-order chi connectivity index (χ0) is 10.1. The molecule has 2 rings (SSSR count). The number of halogens is 1. The lowest BCUT2D eigenvalue weighted by Gasteiger charge is -1.99. The Morgan fingerprint density at radius 2 is 1.71 bits per heavy atom. The van der Waals surface area contributed by atoms with Crippen LogP contribution < -0.4 is 5.73 Å². The van der Waals surface area contributed by atoms with E-state index in [2.05, 4.69) is 0 Å². The summed E-state index contributed by atoms with van der Waals surface area (Å²) in [5, 5.41) is 1.57. The minimum atomic E-state index is -0.476. The van der Waals surface area contributed by atoms with Gasteiger partial charge in [-0.05, 0) is 35.0 Å². The van der Waals surface area contributed by atoms with Gasteiger partial charge in [-0.1, -0.05) is 12.1 Å². The monoisotopic (exact) mass is 189 g/mol. The third-order valence-electron chi connectivity index (χ3n) is 2.09. The minimum Gasteiger partial charge on any atom is -0.366 e. The van der Waals surface area contributed by atoms with E-state index in [4.69, 9.17) is 5.73 Å². The molecule has 0 saturated carbocycles. The number of benzene rings is 2. The number of fused-ring (bicyclic) bond motifs is 1. The molecule has 2 aromatic carbocycles. The van der Waals surface area contributed by atoms with Gasteiger partial charge in [-0.25, -0.2) is 4.39 Å². The number of carbonyl (C=O) groups excluding carboxylic acids is 1. The summed E-state index contributed by atoms with van der Waals surface area (Å²) in [5.74, 6) is -0.763. The third-order valence-corrected chi connectivity index (χ3v) is 2.09. The molecule has 0 bridgehead atoms. The van der Waals surface area contributed by atoms with Crippen LogP contribution in [0.5, 0.6) is 0 Å². The summed E-state index contributed by atoms with van der Waals surface area (Å²) in [4.78, 5) is 10.9. The lowest BCUT2D eigenvalue weighted by atomic mass is 10.1. The molecule has 0 radical (unpaired) electrons. The summed E-state index contributed by atoms with van der Waals surface area (Å²) in [7, 11) is 0. The molecule has 0 aliphatic rings. The molecule has 0 fully saturated rings. The second kappa shape index (κ2) is 3.10. The summed E-state index contributed by atoms with van der Waals surface area (Å²) < 4.78 is 12.8. The first-order valence-corrected chi connectivity index (χ1v) is 4.16. The second-order valence-corrected chi connectivity index (χ2v) is 3.07. The van der Waals surface area contributed by atoms with E-state index in [9.17, 15) is 9.18 Å². The number of carbonyl (C=O) groups is 1. The predicted molar refractivity (Wildman–Crippen MR) is 52.4 cm³/mol. The number of amides is 1. The Balaban J connectivity index is 2.67. The molecule has 0 aliphatic heterocycles. The Kier molecular flexibility index (Phi) is 1.93. The van der Waals surface area contributed by atoms with Gasteiger partial charge in [-0.3, -0.25) is 4.79 Å². The van der Waals surface area contributed by atoms with Crippen LogP contribution in [0.1, 0.15) is 10.4 Å². The fourth-order valence-electron chi connectivity index (χ4n) is 1.37. The molecule has 2 nitrogen and oxygen atoms in total. The van der Waals surface area contributed by atoms with Gasteiger partial charge < -0.3 is 5.73 Å². The molecule has 0 aliphatic carbocycles. The van der Waals surface area contributed by atoms with Crippen molar-refractivity contribution in [3.63, 3.8) is 0 Å². The van der Waals surface area contributed by atoms with Gasteiger partial charge in [-0.15, -0.1) is 0 Å². The fraction of sp³-hybridized carbons (Fsp3) is 0. The molecule has 1 amide bonds. The van der Waals surface area contributed by atoms with Gasteiger partial charge >= 0.3 is 0 Å². The van der Waals surface area contributed by atoms with Crippen molar-refractivity contribution in [2.45, 2.75) is 0 Å². The molecule has 14 heavy (non-hydrogen) atoms. The van der Waals surface area contributed by atoms with Gasteiger partial charge in [0.1, 0.15) is 5.82 Å². The van der Waals surface area contributed by atoms with Crippen LogP contribution in [0.4, 0.5) is 4.39 Å². The van der Waals surface area contributed by atoms with Gasteiger partial charge in [0, 0.05) is 5.56 Å². The van der Waals surface area contributed by atoms with Gasteiger partial charge in [0.15, 0.2) is 0 Å². The van der Waals surface area contributed by atoms with E-state index in [1.165, 1.54) is 12.1 Å². The minimum absolute atomic E-state index is 0.288. The van der Waals surface area contributed by atoms with E-state index in [1.54, 1.807) is 24.3 Å². The lowest BCUT2D eigenvalue weighted by Crippen LogP contribution is -2.10. The van der Waals surface area contributed by atoms with E-state index in [1.807, 2.05) is 0 Å². The van der Waals surface area contributed by atoms with E-state index in [0.29, 0.717) is 5.56 Å². The largest absolute Gasteiger partial charge is 0.366 e. The van der Waals surface area contributed by atoms with Gasteiger partial charge in [-0.2, -0.15) is 0 Å². The first kappa shape index (κ1) is 8.69. The zero-order valence-electron chi connectivity index (χ0n) is 7.33. The first-order valence-electron chi connectivity index (χ1n) is 4.16. The van der Waals surface area contributed by atoms with Gasteiger partial charge in [0.2, 0.25) is 5.91 Å². The molecule has 2 aromatic rings. The predicted octanol–water partition coefficient (Wildman–Crippen LogP) is 2.08. The highest BCUT2D eigenvalue weighted by Crippen LogP contribution is 2.16. The smallest absolute Gasteiger partial charge is 0.248 e. The highest BCUT2D eigenvalue weighted by Gasteiger charge is 2.01. The Hall–Kier alpha value is -1.90. The molecule has 0 saturated heterocycles. The third kappa shape index (κ3) is 1.44. The van der Waals surface area contributed by atoms with Crippen LogP contribution in [0.25, 0.3) is 10.8 Å². The van der Waals surface area contributed by atoms with Crippen molar-refractivity contribution in [1.29, 1.82) is 0 Å². The molecular weight excluding hydrogens is 181 g/mol. The van der Waals surface area contributed by atoms with Crippen molar-refractivity contribution in [3.05, 3.63) is 47.8 Å². The summed E-state index contributed by atoms with van der Waals surface area (Å²) in [5.41, 5.74) is 5.56. The van der Waals surface area contributed by atoms with E-state index in [-0.39, 0.29) is 5.82 Å². The summed E-state index contributed by atoms with van der Waals surface area (Å²) in [6.45, 7) is 0. The van der Waals surface area contributed by atoms with E-state index in [0.717, 1.165) is 10.8 Å². The normalized spacial score (nSPS) is 10.4. The van der Waals surface area contributed by atoms with Crippen molar-refractivity contribution in [1.82, 2.24) is 0 Å². The van der Waals surface area contributed by atoms with Crippen LogP contribution in [-0.4, -0.2) is 5.91 Å². The van der Waals surface area contributed by atoms with Crippen LogP contribution in [0.3, 0.4) is 0 Å². The Labute approximate surface area is 80.1 Å². The quantitative estimate of drug-likeness (QED) is 0.733. The summed E-state index contributed by atoms with van der Waals surface area (Å²) >= 11 is 0. The van der Waals surface area contributed by atoms with Gasteiger partial charge in [0.05, 0.1) is 0 Å². The molecule has 0 unspecified atom stereocenters. The highest BCUT2D eigenvalue weighted by atomic mass is 19.1. The SMILES string of the molecule is NC(=O)c1ccc2cc(F)ccc2c1. The van der Waals surface area contributed by atoms with Crippen molar-refractivity contribution in [2.75, 3.05) is 0 Å². The maximum absolute atomic E-state index is 12.8. The standard InChI is InChI=1S/C11H8FNO/c12-10-4-3-7-5-9(11(13)14)2-1-8(7)6-10/h1-6H,(H2,13,14). The highest BCUT2D eigenvalue weighted by molar-refractivity contribution is 5.97. The van der Waals surface area contributed by atoms with Crippen molar-refractivity contribution in [2.24, 2.45) is 5.73 Å². The summed E-state index contributed by atoms with van der Waals surface area (Å²) in [6.07, 6.45) is 0. The average molecular weight is 189 g/mol. The fourth-order valence-corrected chi connectivity index (χ4v) is 1.37. The maximum atomic E-state index is 12.8. The van der Waals surface area contributed by atoms with Crippen molar-refractivity contribution >= 4 is 16.7 Å². The van der Waals surface area contributed by atoms with Crippen LogP contribution >= 0.6 is 0 Å². The molecule has 2 N–H and O–H groups in total. The first-order chi connectivity index (χ1) is 6.66. The molecular formula is C11H8FNO. The molecule has 0 spiro atoms. The Morgan fingerprint density at radius 3 is 2.43 bits per heavy atom. The van der Waals surface area contributed by atoms with Crippen LogP contribution in [-0.2, 0) is 0 Å². The molecule has 0 atom stereocenters. The number of hydrogen-bond donors (Lipinski definition) is 1. The number of nitrogens with two attached hydrogens (primary N) is 1.